The second-order valence-corrected chi connectivity index (χ2v) is 2.52. The topological polar surface area (TPSA) is 12.0 Å². The third-order valence-corrected chi connectivity index (χ3v) is 1.89. The van der Waals surface area contributed by atoms with Crippen molar-refractivity contribution in [3.8, 4) is 0 Å². The minimum Gasteiger partial charge on any atom is -0.381 e. The largest absolute Gasteiger partial charge is 0.381 e. The lowest BCUT2D eigenvalue weighted by atomic mass is 10.1. The maximum absolute atomic E-state index is 4.07. The van der Waals surface area contributed by atoms with Crippen molar-refractivity contribution in [3.05, 3.63) is 35.4 Å². The van der Waals surface area contributed by atoms with Gasteiger partial charge in [0.1, 0.15) is 0 Å². The molecule has 0 radical (unpaired) electrons. The number of allylic oxidation sites excluding steroid dienone is 2. The van der Waals surface area contributed by atoms with Crippen LogP contribution in [0.5, 0.6) is 0 Å². The van der Waals surface area contributed by atoms with E-state index in [0.717, 1.165) is 0 Å². The molecule has 0 amide bonds. The van der Waals surface area contributed by atoms with E-state index < -0.39 is 0 Å². The fraction of sp³-hybridized carbons (Fsp3) is 0.250. The molecule has 1 nitrogen and oxygen atoms in total. The van der Waals surface area contributed by atoms with Gasteiger partial charge in [0, 0.05) is 0 Å². The van der Waals surface area contributed by atoms with E-state index in [0.29, 0.717) is 6.04 Å². The second kappa shape index (κ2) is 3.52. The van der Waals surface area contributed by atoms with Crippen LogP contribution in [0, 0.1) is 0 Å². The lowest BCUT2D eigenvalue weighted by Crippen LogP contribution is -2.24. The molecule has 1 unspecified atom stereocenters. The third-order valence-electron chi connectivity index (χ3n) is 1.48. The predicted molar refractivity (Wildman–Crippen MR) is 47.9 cm³/mol. The molecule has 0 spiro atoms. The van der Waals surface area contributed by atoms with Gasteiger partial charge >= 0.3 is 0 Å². The molecule has 1 rings (SSSR count). The molecule has 1 N–H and O–H groups in total. The first-order valence-electron chi connectivity index (χ1n) is 3.25. The minimum absolute atomic E-state index is 0.336. The first-order valence-corrected chi connectivity index (χ1v) is 3.76. The number of hydrogen-bond donors (Lipinski definition) is 2. The van der Waals surface area contributed by atoms with Crippen molar-refractivity contribution in [2.75, 3.05) is 0 Å². The molecule has 0 aliphatic carbocycles. The van der Waals surface area contributed by atoms with Gasteiger partial charge in [-0.05, 0) is 30.2 Å². The van der Waals surface area contributed by atoms with Crippen molar-refractivity contribution in [2.24, 2.45) is 0 Å². The summed E-state index contributed by atoms with van der Waals surface area (Å²) in [4.78, 5) is 0. The van der Waals surface area contributed by atoms with E-state index in [1.165, 1.54) is 5.57 Å². The van der Waals surface area contributed by atoms with Crippen LogP contribution in [0.1, 0.15) is 6.92 Å². The molecule has 0 saturated heterocycles. The Bertz CT molecular complexity index is 191. The number of thiol groups is 1. The summed E-state index contributed by atoms with van der Waals surface area (Å²) in [7, 11) is 0. The van der Waals surface area contributed by atoms with E-state index in [4.69, 9.17) is 0 Å². The van der Waals surface area contributed by atoms with E-state index in [9.17, 15) is 0 Å². The zero-order valence-corrected chi connectivity index (χ0v) is 6.81. The maximum Gasteiger partial charge on any atom is 0.0660 e. The van der Waals surface area contributed by atoms with Crippen LogP contribution in [0.4, 0.5) is 0 Å². The van der Waals surface area contributed by atoms with Crippen molar-refractivity contribution in [1.29, 1.82) is 0 Å². The lowest BCUT2D eigenvalue weighted by Gasteiger charge is -2.15. The molecule has 1 heterocycles. The molecule has 0 saturated carbocycles. The van der Waals surface area contributed by atoms with Crippen LogP contribution in [0.25, 0.3) is 0 Å². The molecule has 0 aromatic rings. The molecule has 1 atom stereocenters. The molecule has 2 heteroatoms. The predicted octanol–water partition coefficient (Wildman–Crippen LogP) is 1.86. The van der Waals surface area contributed by atoms with Crippen molar-refractivity contribution in [3.63, 3.8) is 0 Å². The summed E-state index contributed by atoms with van der Waals surface area (Å²) < 4.78 is 0. The van der Waals surface area contributed by atoms with Crippen LogP contribution >= 0.6 is 12.6 Å². The number of hydrogen-bond acceptors (Lipinski definition) is 2. The summed E-state index contributed by atoms with van der Waals surface area (Å²) >= 11 is 4.07. The Labute approximate surface area is 66.9 Å². The quantitative estimate of drug-likeness (QED) is 0.548. The van der Waals surface area contributed by atoms with Gasteiger partial charge in [-0.1, -0.05) is 12.2 Å². The average Bonchev–Trinajstić information content (AvgIpc) is 2.05. The Morgan fingerprint density at radius 1 is 1.60 bits per heavy atom. The standard InChI is InChI=1S/C8H11NS/c1-7(6-10)8-4-2-3-5-9-8/h2-6,8-10H,1H3/b7-6-. The summed E-state index contributed by atoms with van der Waals surface area (Å²) in [6, 6.07) is 0.336. The Hall–Kier alpha value is -0.630. The molecule has 10 heavy (non-hydrogen) atoms. The highest BCUT2D eigenvalue weighted by atomic mass is 32.1. The number of dihydropyridines is 1. The van der Waals surface area contributed by atoms with Gasteiger partial charge in [0.25, 0.3) is 0 Å². The average molecular weight is 153 g/mol. The van der Waals surface area contributed by atoms with Gasteiger partial charge in [0.05, 0.1) is 6.04 Å². The first kappa shape index (κ1) is 7.48. The van der Waals surface area contributed by atoms with Gasteiger partial charge in [-0.25, -0.2) is 0 Å². The monoisotopic (exact) mass is 153 g/mol. The van der Waals surface area contributed by atoms with Crippen LogP contribution in [0.2, 0.25) is 0 Å². The highest BCUT2D eigenvalue weighted by Crippen LogP contribution is 2.06. The van der Waals surface area contributed by atoms with E-state index in [2.05, 4.69) is 24.0 Å². The molecule has 0 aromatic carbocycles. The fourth-order valence-electron chi connectivity index (χ4n) is 0.809. The lowest BCUT2D eigenvalue weighted by molar-refractivity contribution is 0.786. The smallest absolute Gasteiger partial charge is 0.0660 e. The van der Waals surface area contributed by atoms with Crippen molar-refractivity contribution < 1.29 is 0 Å². The van der Waals surface area contributed by atoms with Crippen molar-refractivity contribution >= 4 is 12.6 Å². The van der Waals surface area contributed by atoms with Crippen LogP contribution in [0.3, 0.4) is 0 Å². The molecule has 0 bridgehead atoms. The van der Waals surface area contributed by atoms with Crippen molar-refractivity contribution in [2.45, 2.75) is 13.0 Å². The zero-order chi connectivity index (χ0) is 7.40. The van der Waals surface area contributed by atoms with E-state index in [1.807, 2.05) is 30.7 Å². The zero-order valence-electron chi connectivity index (χ0n) is 5.91. The highest BCUT2D eigenvalue weighted by molar-refractivity contribution is 7.83. The van der Waals surface area contributed by atoms with Crippen molar-refractivity contribution in [1.82, 2.24) is 5.32 Å². The molecule has 1 aliphatic heterocycles. The van der Waals surface area contributed by atoms with E-state index in [-0.39, 0.29) is 0 Å². The molecule has 0 aromatic heterocycles. The first-order chi connectivity index (χ1) is 4.84. The molecule has 54 valence electrons. The highest BCUT2D eigenvalue weighted by Gasteiger charge is 2.03. The molecule has 0 fully saturated rings. The Morgan fingerprint density at radius 3 is 2.90 bits per heavy atom. The summed E-state index contributed by atoms with van der Waals surface area (Å²) in [5, 5.41) is 5.01. The molecular weight excluding hydrogens is 142 g/mol. The Balaban J connectivity index is 2.59. The van der Waals surface area contributed by atoms with Crippen LogP contribution in [-0.2, 0) is 0 Å². The number of nitrogens with one attached hydrogen (secondary N) is 1. The van der Waals surface area contributed by atoms with Gasteiger partial charge in [0.15, 0.2) is 0 Å². The maximum atomic E-state index is 4.07. The minimum atomic E-state index is 0.336. The van der Waals surface area contributed by atoms with E-state index in [1.54, 1.807) is 0 Å². The summed E-state index contributed by atoms with van der Waals surface area (Å²) in [6.45, 7) is 2.05. The van der Waals surface area contributed by atoms with Crippen LogP contribution in [0.15, 0.2) is 35.4 Å². The van der Waals surface area contributed by atoms with Crippen LogP contribution in [-0.4, -0.2) is 6.04 Å². The fourth-order valence-corrected chi connectivity index (χ4v) is 0.970. The van der Waals surface area contributed by atoms with Gasteiger partial charge in [-0.3, -0.25) is 0 Å². The van der Waals surface area contributed by atoms with Gasteiger partial charge in [-0.2, -0.15) is 12.6 Å². The van der Waals surface area contributed by atoms with Crippen LogP contribution < -0.4 is 5.32 Å². The molecular formula is C8H11NS. The molecule has 1 aliphatic rings. The summed E-state index contributed by atoms with van der Waals surface area (Å²) in [5.74, 6) is 0. The summed E-state index contributed by atoms with van der Waals surface area (Å²) in [6.07, 6.45) is 8.04. The third kappa shape index (κ3) is 1.67. The Kier molecular flexibility index (Phi) is 2.63. The van der Waals surface area contributed by atoms with E-state index >= 15 is 0 Å². The van der Waals surface area contributed by atoms with Gasteiger partial charge < -0.3 is 5.32 Å². The SMILES string of the molecule is C/C(=C/S)C1C=CC=CN1. The van der Waals surface area contributed by atoms with Gasteiger partial charge in [0.2, 0.25) is 0 Å². The second-order valence-electron chi connectivity index (χ2n) is 2.26. The normalized spacial score (nSPS) is 24.6. The Morgan fingerprint density at radius 2 is 2.40 bits per heavy atom. The number of rotatable bonds is 1. The summed E-state index contributed by atoms with van der Waals surface area (Å²) in [5.41, 5.74) is 1.23. The van der Waals surface area contributed by atoms with Gasteiger partial charge in [-0.15, -0.1) is 0 Å².